The first-order chi connectivity index (χ1) is 8.65. The molecule has 0 N–H and O–H groups in total. The van der Waals surface area contributed by atoms with Crippen LogP contribution in [0.25, 0.3) is 5.82 Å². The zero-order valence-corrected chi connectivity index (χ0v) is 11.2. The lowest BCUT2D eigenvalue weighted by molar-refractivity contribution is 0.0522. The first-order valence-corrected chi connectivity index (χ1v) is 6.02. The van der Waals surface area contributed by atoms with Crippen molar-refractivity contribution in [3.8, 4) is 5.82 Å². The van der Waals surface area contributed by atoms with Crippen molar-refractivity contribution in [3.63, 3.8) is 0 Å². The fourth-order valence-corrected chi connectivity index (χ4v) is 1.88. The Bertz CT molecular complexity index is 585. The number of hydrogen-bond acceptors (Lipinski definition) is 5. The zero-order valence-electron chi connectivity index (χ0n) is 9.50. The molecule has 2 rings (SSSR count). The second kappa shape index (κ2) is 5.41. The second-order valence-electron chi connectivity index (χ2n) is 3.32. The molecular formula is C11H10ClN3O2S. The maximum atomic E-state index is 11.6. The smallest absolute Gasteiger partial charge is 0.342 e. The molecule has 0 saturated heterocycles. The summed E-state index contributed by atoms with van der Waals surface area (Å²) >= 11 is 10.3. The number of aromatic nitrogens is 3. The van der Waals surface area contributed by atoms with Crippen LogP contribution in [0.4, 0.5) is 0 Å². The SMILES string of the molecule is CCOC(=O)c1cnn(-c2ncccc2Cl)c1S. The average molecular weight is 284 g/mol. The van der Waals surface area contributed by atoms with Gasteiger partial charge in [-0.1, -0.05) is 11.6 Å². The maximum absolute atomic E-state index is 11.6. The van der Waals surface area contributed by atoms with Gasteiger partial charge in [-0.15, -0.1) is 12.6 Å². The van der Waals surface area contributed by atoms with Crippen molar-refractivity contribution in [1.29, 1.82) is 0 Å². The number of rotatable bonds is 3. The second-order valence-corrected chi connectivity index (χ2v) is 4.15. The van der Waals surface area contributed by atoms with Crippen LogP contribution in [-0.2, 0) is 4.74 Å². The largest absolute Gasteiger partial charge is 0.462 e. The quantitative estimate of drug-likeness (QED) is 0.694. The van der Waals surface area contributed by atoms with Gasteiger partial charge in [0.25, 0.3) is 0 Å². The van der Waals surface area contributed by atoms with Crippen LogP contribution in [0.2, 0.25) is 5.02 Å². The number of halogens is 1. The van der Waals surface area contributed by atoms with E-state index in [4.69, 9.17) is 16.3 Å². The van der Waals surface area contributed by atoms with Gasteiger partial charge in [0.1, 0.15) is 10.6 Å². The van der Waals surface area contributed by atoms with Gasteiger partial charge in [-0.2, -0.15) is 5.10 Å². The van der Waals surface area contributed by atoms with Gasteiger partial charge >= 0.3 is 5.97 Å². The number of thiol groups is 1. The van der Waals surface area contributed by atoms with Gasteiger partial charge in [0.05, 0.1) is 17.8 Å². The van der Waals surface area contributed by atoms with E-state index in [1.165, 1.54) is 10.9 Å². The molecule has 0 aliphatic carbocycles. The third kappa shape index (κ3) is 2.34. The van der Waals surface area contributed by atoms with Crippen LogP contribution in [-0.4, -0.2) is 27.3 Å². The number of nitrogens with zero attached hydrogens (tertiary/aromatic N) is 3. The highest BCUT2D eigenvalue weighted by Gasteiger charge is 2.18. The molecule has 0 fully saturated rings. The van der Waals surface area contributed by atoms with Crippen LogP contribution in [0.5, 0.6) is 0 Å². The summed E-state index contributed by atoms with van der Waals surface area (Å²) in [5, 5.41) is 4.81. The van der Waals surface area contributed by atoms with E-state index in [-0.39, 0.29) is 5.56 Å². The molecule has 2 heterocycles. The molecule has 0 aromatic carbocycles. The summed E-state index contributed by atoms with van der Waals surface area (Å²) < 4.78 is 6.28. The van der Waals surface area contributed by atoms with Gasteiger partial charge in [-0.25, -0.2) is 14.5 Å². The van der Waals surface area contributed by atoms with Gasteiger partial charge in [-0.3, -0.25) is 0 Å². The molecule has 0 aliphatic rings. The molecule has 0 saturated carbocycles. The molecule has 0 amide bonds. The fraction of sp³-hybridized carbons (Fsp3) is 0.182. The van der Waals surface area contributed by atoms with Crippen LogP contribution in [0, 0.1) is 0 Å². The molecule has 0 bridgehead atoms. The summed E-state index contributed by atoms with van der Waals surface area (Å²) in [5.41, 5.74) is 0.280. The number of pyridine rings is 1. The lowest BCUT2D eigenvalue weighted by Crippen LogP contribution is -2.06. The summed E-state index contributed by atoms with van der Waals surface area (Å²) in [4.78, 5) is 15.7. The Hall–Kier alpha value is -1.53. The fourth-order valence-electron chi connectivity index (χ4n) is 1.38. The first-order valence-electron chi connectivity index (χ1n) is 5.20. The maximum Gasteiger partial charge on any atom is 0.342 e. The molecule has 2 aromatic heterocycles. The molecule has 18 heavy (non-hydrogen) atoms. The molecule has 0 atom stereocenters. The summed E-state index contributed by atoms with van der Waals surface area (Å²) in [7, 11) is 0. The molecular weight excluding hydrogens is 274 g/mol. The third-order valence-electron chi connectivity index (χ3n) is 2.18. The molecule has 0 spiro atoms. The predicted molar refractivity (Wildman–Crippen MR) is 69.6 cm³/mol. The van der Waals surface area contributed by atoms with Gasteiger partial charge < -0.3 is 4.74 Å². The predicted octanol–water partition coefficient (Wildman–Crippen LogP) is 2.39. The number of carbonyl (C=O) groups is 1. The highest BCUT2D eigenvalue weighted by molar-refractivity contribution is 7.80. The molecule has 0 unspecified atom stereocenters. The van der Waals surface area contributed by atoms with Gasteiger partial charge in [0.15, 0.2) is 5.82 Å². The van der Waals surface area contributed by atoms with E-state index in [0.29, 0.717) is 22.5 Å². The normalized spacial score (nSPS) is 10.4. The molecule has 5 nitrogen and oxygen atoms in total. The highest BCUT2D eigenvalue weighted by Crippen LogP contribution is 2.22. The van der Waals surface area contributed by atoms with Crippen LogP contribution >= 0.6 is 24.2 Å². The van der Waals surface area contributed by atoms with E-state index in [0.717, 1.165) is 0 Å². The Morgan fingerprint density at radius 3 is 3.06 bits per heavy atom. The van der Waals surface area contributed by atoms with E-state index in [1.54, 1.807) is 25.3 Å². The first kappa shape index (κ1) is 12.9. The summed E-state index contributed by atoms with van der Waals surface area (Å²) in [6.07, 6.45) is 2.96. The Labute approximate surface area is 114 Å². The van der Waals surface area contributed by atoms with Gasteiger partial charge in [0, 0.05) is 6.20 Å². The molecule has 2 aromatic rings. The lowest BCUT2D eigenvalue weighted by Gasteiger charge is -2.05. The standard InChI is InChI=1S/C11H10ClN3O2S/c1-2-17-11(16)7-6-14-15(10(7)18)9-8(12)4-3-5-13-9/h3-6,18H,2H2,1H3. The average Bonchev–Trinajstić information content (AvgIpc) is 2.72. The van der Waals surface area contributed by atoms with Gasteiger partial charge in [0.2, 0.25) is 0 Å². The van der Waals surface area contributed by atoms with Crippen molar-refractivity contribution < 1.29 is 9.53 Å². The highest BCUT2D eigenvalue weighted by atomic mass is 35.5. The Morgan fingerprint density at radius 2 is 2.39 bits per heavy atom. The van der Waals surface area contributed by atoms with E-state index in [9.17, 15) is 4.79 Å². The summed E-state index contributed by atoms with van der Waals surface area (Å²) in [5.74, 6) is -0.0551. The van der Waals surface area contributed by atoms with E-state index < -0.39 is 5.97 Å². The van der Waals surface area contributed by atoms with Crippen molar-refractivity contribution in [2.75, 3.05) is 6.61 Å². The van der Waals surface area contributed by atoms with Crippen molar-refractivity contribution in [1.82, 2.24) is 14.8 Å². The molecule has 94 valence electrons. The van der Waals surface area contributed by atoms with Crippen molar-refractivity contribution >= 4 is 30.2 Å². The zero-order chi connectivity index (χ0) is 13.1. The van der Waals surface area contributed by atoms with E-state index >= 15 is 0 Å². The van der Waals surface area contributed by atoms with Crippen LogP contribution in [0.15, 0.2) is 29.6 Å². The number of hydrogen-bond donors (Lipinski definition) is 1. The summed E-state index contributed by atoms with van der Waals surface area (Å²) in [6.45, 7) is 2.03. The van der Waals surface area contributed by atoms with Gasteiger partial charge in [-0.05, 0) is 19.1 Å². The third-order valence-corrected chi connectivity index (χ3v) is 2.90. The Morgan fingerprint density at radius 1 is 1.61 bits per heavy atom. The number of esters is 1. The molecule has 0 radical (unpaired) electrons. The van der Waals surface area contributed by atoms with E-state index in [2.05, 4.69) is 22.7 Å². The monoisotopic (exact) mass is 283 g/mol. The molecule has 0 aliphatic heterocycles. The Kier molecular flexibility index (Phi) is 3.88. The van der Waals surface area contributed by atoms with Crippen molar-refractivity contribution in [2.24, 2.45) is 0 Å². The van der Waals surface area contributed by atoms with E-state index in [1.807, 2.05) is 0 Å². The van der Waals surface area contributed by atoms with Crippen LogP contribution in [0.3, 0.4) is 0 Å². The minimum absolute atomic E-state index is 0.280. The van der Waals surface area contributed by atoms with Crippen LogP contribution < -0.4 is 0 Å². The Balaban J connectivity index is 2.43. The summed E-state index contributed by atoms with van der Waals surface area (Å²) in [6, 6.07) is 3.39. The minimum atomic E-state index is -0.471. The molecule has 7 heteroatoms. The van der Waals surface area contributed by atoms with Crippen molar-refractivity contribution in [3.05, 3.63) is 35.1 Å². The number of ether oxygens (including phenoxy) is 1. The van der Waals surface area contributed by atoms with Crippen molar-refractivity contribution in [2.45, 2.75) is 11.9 Å². The lowest BCUT2D eigenvalue weighted by atomic mass is 10.4. The number of carbonyl (C=O) groups excluding carboxylic acids is 1. The minimum Gasteiger partial charge on any atom is -0.462 e. The van der Waals surface area contributed by atoms with Crippen LogP contribution in [0.1, 0.15) is 17.3 Å². The topological polar surface area (TPSA) is 57.0 Å².